The van der Waals surface area contributed by atoms with Gasteiger partial charge in [0.2, 0.25) is 0 Å². The van der Waals surface area contributed by atoms with E-state index in [9.17, 15) is 0 Å². The van der Waals surface area contributed by atoms with Crippen LogP contribution in [0.15, 0.2) is 30.3 Å². The van der Waals surface area contributed by atoms with Gasteiger partial charge in [-0.3, -0.25) is 0 Å². The first kappa shape index (κ1) is 13.0. The van der Waals surface area contributed by atoms with E-state index in [-0.39, 0.29) is 0 Å². The molecule has 0 aliphatic rings. The predicted molar refractivity (Wildman–Crippen MR) is 67.9 cm³/mol. The van der Waals surface area contributed by atoms with E-state index in [0.717, 1.165) is 25.4 Å². The molecular weight excluding hydrogens is 200 g/mol. The average molecular weight is 222 g/mol. The van der Waals surface area contributed by atoms with Gasteiger partial charge < -0.3 is 15.4 Å². The molecule has 0 fully saturated rings. The lowest BCUT2D eigenvalue weighted by atomic mass is 10.3. The molecule has 0 amide bonds. The maximum Gasteiger partial charge on any atom is 0.119 e. The van der Waals surface area contributed by atoms with Gasteiger partial charge in [-0.2, -0.15) is 0 Å². The van der Waals surface area contributed by atoms with Crippen LogP contribution >= 0.6 is 0 Å². The van der Waals surface area contributed by atoms with E-state index >= 15 is 0 Å². The van der Waals surface area contributed by atoms with Crippen LogP contribution in [0.4, 0.5) is 0 Å². The summed E-state index contributed by atoms with van der Waals surface area (Å²) in [6.07, 6.45) is 0. The van der Waals surface area contributed by atoms with E-state index < -0.39 is 0 Å². The van der Waals surface area contributed by atoms with Crippen molar-refractivity contribution in [2.24, 2.45) is 0 Å². The smallest absolute Gasteiger partial charge is 0.119 e. The second kappa shape index (κ2) is 8.13. The van der Waals surface area contributed by atoms with Crippen LogP contribution in [-0.4, -0.2) is 32.3 Å². The lowest BCUT2D eigenvalue weighted by molar-refractivity contribution is 0.306. The van der Waals surface area contributed by atoms with Crippen LogP contribution in [0.25, 0.3) is 0 Å². The third-order valence-corrected chi connectivity index (χ3v) is 2.31. The standard InChI is InChI=1S/C13H22N2O/c1-3-14-11-12(2)15-9-10-16-13-7-5-4-6-8-13/h4-8,12,14-15H,3,9-11H2,1-2H3. The molecule has 1 aromatic rings. The molecule has 0 radical (unpaired) electrons. The summed E-state index contributed by atoms with van der Waals surface area (Å²) in [5, 5.41) is 6.70. The quantitative estimate of drug-likeness (QED) is 0.656. The average Bonchev–Trinajstić information content (AvgIpc) is 2.33. The van der Waals surface area contributed by atoms with E-state index in [4.69, 9.17) is 4.74 Å². The molecule has 3 heteroatoms. The lowest BCUT2D eigenvalue weighted by Gasteiger charge is -2.14. The van der Waals surface area contributed by atoms with Gasteiger partial charge in [0.25, 0.3) is 0 Å². The van der Waals surface area contributed by atoms with E-state index in [1.165, 1.54) is 0 Å². The van der Waals surface area contributed by atoms with Crippen LogP contribution in [-0.2, 0) is 0 Å². The topological polar surface area (TPSA) is 33.3 Å². The van der Waals surface area contributed by atoms with Crippen LogP contribution in [0.2, 0.25) is 0 Å². The van der Waals surface area contributed by atoms with Crippen molar-refractivity contribution >= 4 is 0 Å². The first-order chi connectivity index (χ1) is 7.83. The van der Waals surface area contributed by atoms with Gasteiger partial charge in [0.1, 0.15) is 12.4 Å². The van der Waals surface area contributed by atoms with Crippen molar-refractivity contribution in [1.82, 2.24) is 10.6 Å². The molecule has 0 saturated heterocycles. The van der Waals surface area contributed by atoms with E-state index in [0.29, 0.717) is 12.6 Å². The lowest BCUT2D eigenvalue weighted by Crippen LogP contribution is -2.38. The fourth-order valence-electron chi connectivity index (χ4n) is 1.42. The fraction of sp³-hybridized carbons (Fsp3) is 0.538. The maximum absolute atomic E-state index is 5.58. The molecule has 1 atom stereocenters. The zero-order valence-corrected chi connectivity index (χ0v) is 10.2. The highest BCUT2D eigenvalue weighted by atomic mass is 16.5. The van der Waals surface area contributed by atoms with Crippen LogP contribution in [0, 0.1) is 0 Å². The molecule has 3 nitrogen and oxygen atoms in total. The Kier molecular flexibility index (Phi) is 6.61. The molecule has 0 heterocycles. The van der Waals surface area contributed by atoms with E-state index in [2.05, 4.69) is 24.5 Å². The van der Waals surface area contributed by atoms with Crippen molar-refractivity contribution < 1.29 is 4.74 Å². The summed E-state index contributed by atoms with van der Waals surface area (Å²) in [6.45, 7) is 7.90. The monoisotopic (exact) mass is 222 g/mol. The minimum absolute atomic E-state index is 0.485. The number of hydrogen-bond acceptors (Lipinski definition) is 3. The Morgan fingerprint density at radius 2 is 2.00 bits per heavy atom. The molecule has 1 unspecified atom stereocenters. The van der Waals surface area contributed by atoms with Gasteiger partial charge >= 0.3 is 0 Å². The molecule has 1 aromatic carbocycles. The van der Waals surface area contributed by atoms with Crippen molar-refractivity contribution in [3.05, 3.63) is 30.3 Å². The first-order valence-electron chi connectivity index (χ1n) is 5.95. The normalized spacial score (nSPS) is 12.4. The number of rotatable bonds is 8. The number of nitrogens with one attached hydrogen (secondary N) is 2. The first-order valence-corrected chi connectivity index (χ1v) is 5.95. The molecule has 1 rings (SSSR count). The van der Waals surface area contributed by atoms with Gasteiger partial charge in [-0.15, -0.1) is 0 Å². The Labute approximate surface area is 98.2 Å². The van der Waals surface area contributed by atoms with Crippen LogP contribution in [0.5, 0.6) is 5.75 Å². The van der Waals surface area contributed by atoms with Crippen molar-refractivity contribution in [3.8, 4) is 5.75 Å². The number of benzene rings is 1. The van der Waals surface area contributed by atoms with Crippen molar-refractivity contribution in [2.45, 2.75) is 19.9 Å². The maximum atomic E-state index is 5.58. The highest BCUT2D eigenvalue weighted by molar-refractivity contribution is 5.20. The predicted octanol–water partition coefficient (Wildman–Crippen LogP) is 1.65. The summed E-state index contributed by atoms with van der Waals surface area (Å²) in [5.41, 5.74) is 0. The number of hydrogen-bond donors (Lipinski definition) is 2. The summed E-state index contributed by atoms with van der Waals surface area (Å²) in [4.78, 5) is 0. The Bertz CT molecular complexity index is 264. The Hall–Kier alpha value is -1.06. The minimum Gasteiger partial charge on any atom is -0.492 e. The SMILES string of the molecule is CCNCC(C)NCCOc1ccccc1. The molecule has 0 aliphatic heterocycles. The summed E-state index contributed by atoms with van der Waals surface area (Å²) in [7, 11) is 0. The number of likely N-dealkylation sites (N-methyl/N-ethyl adjacent to an activating group) is 1. The summed E-state index contributed by atoms with van der Waals surface area (Å²) < 4.78 is 5.58. The molecule has 0 bridgehead atoms. The second-order valence-electron chi connectivity index (χ2n) is 3.82. The van der Waals surface area contributed by atoms with Crippen molar-refractivity contribution in [2.75, 3.05) is 26.2 Å². The second-order valence-corrected chi connectivity index (χ2v) is 3.82. The summed E-state index contributed by atoms with van der Waals surface area (Å²) in [5.74, 6) is 0.934. The third-order valence-electron chi connectivity index (χ3n) is 2.31. The summed E-state index contributed by atoms with van der Waals surface area (Å²) >= 11 is 0. The number of para-hydroxylation sites is 1. The molecule has 0 saturated carbocycles. The molecule has 0 spiro atoms. The highest BCUT2D eigenvalue weighted by Crippen LogP contribution is 2.07. The van der Waals surface area contributed by atoms with Crippen molar-refractivity contribution in [1.29, 1.82) is 0 Å². The Morgan fingerprint density at radius 3 is 2.69 bits per heavy atom. The zero-order chi connectivity index (χ0) is 11.6. The van der Waals surface area contributed by atoms with Gasteiger partial charge in [0.05, 0.1) is 0 Å². The van der Waals surface area contributed by atoms with Crippen LogP contribution in [0.3, 0.4) is 0 Å². The largest absolute Gasteiger partial charge is 0.492 e. The Balaban J connectivity index is 2.03. The molecule has 0 aromatic heterocycles. The van der Waals surface area contributed by atoms with Gasteiger partial charge in [-0.25, -0.2) is 0 Å². The van der Waals surface area contributed by atoms with Crippen LogP contribution < -0.4 is 15.4 Å². The van der Waals surface area contributed by atoms with E-state index in [1.807, 2.05) is 30.3 Å². The number of ether oxygens (including phenoxy) is 1. The zero-order valence-electron chi connectivity index (χ0n) is 10.2. The molecule has 90 valence electrons. The molecular formula is C13H22N2O. The van der Waals surface area contributed by atoms with Crippen molar-refractivity contribution in [3.63, 3.8) is 0 Å². The summed E-state index contributed by atoms with van der Waals surface area (Å²) in [6, 6.07) is 10.4. The van der Waals surface area contributed by atoms with Gasteiger partial charge in [0.15, 0.2) is 0 Å². The van der Waals surface area contributed by atoms with Gasteiger partial charge in [-0.1, -0.05) is 25.1 Å². The third kappa shape index (κ3) is 5.73. The minimum atomic E-state index is 0.485. The van der Waals surface area contributed by atoms with Crippen LogP contribution in [0.1, 0.15) is 13.8 Å². The Morgan fingerprint density at radius 1 is 1.25 bits per heavy atom. The fourth-order valence-corrected chi connectivity index (χ4v) is 1.42. The van der Waals surface area contributed by atoms with Gasteiger partial charge in [-0.05, 0) is 25.6 Å². The highest BCUT2D eigenvalue weighted by Gasteiger charge is 1.99. The molecule has 0 aliphatic carbocycles. The van der Waals surface area contributed by atoms with E-state index in [1.54, 1.807) is 0 Å². The molecule has 16 heavy (non-hydrogen) atoms. The van der Waals surface area contributed by atoms with Gasteiger partial charge in [0, 0.05) is 19.1 Å². The molecule has 2 N–H and O–H groups in total.